The highest BCUT2D eigenvalue weighted by Gasteiger charge is 2.21. The highest BCUT2D eigenvalue weighted by molar-refractivity contribution is 9.11. The van der Waals surface area contributed by atoms with Gasteiger partial charge in [0.1, 0.15) is 0 Å². The Kier molecular flexibility index (Phi) is 2.73. The molecule has 0 aromatic carbocycles. The van der Waals surface area contributed by atoms with Crippen LogP contribution in [0.1, 0.15) is 25.8 Å². The fourth-order valence-corrected chi connectivity index (χ4v) is 2.56. The summed E-state index contributed by atoms with van der Waals surface area (Å²) >= 11 is 5.16. The Bertz CT molecular complexity index is 242. The van der Waals surface area contributed by atoms with Crippen LogP contribution in [0.25, 0.3) is 0 Å². The molecule has 0 spiro atoms. The Labute approximate surface area is 79.7 Å². The minimum absolute atomic E-state index is 0.182. The summed E-state index contributed by atoms with van der Waals surface area (Å²) < 4.78 is 1.16. The number of rotatable bonds is 2. The second-order valence-corrected chi connectivity index (χ2v) is 5.11. The molecule has 11 heavy (non-hydrogen) atoms. The molecule has 0 aliphatic heterocycles. The van der Waals surface area contributed by atoms with Crippen LogP contribution in [0.5, 0.6) is 0 Å². The molecule has 0 amide bonds. The van der Waals surface area contributed by atoms with Crippen molar-refractivity contribution in [3.8, 4) is 0 Å². The molecule has 62 valence electrons. The zero-order chi connectivity index (χ0) is 8.48. The second-order valence-electron chi connectivity index (χ2n) is 2.88. The maximum absolute atomic E-state index is 6.06. The van der Waals surface area contributed by atoms with Crippen LogP contribution in [-0.2, 0) is 5.54 Å². The van der Waals surface area contributed by atoms with E-state index in [1.807, 2.05) is 0 Å². The molecule has 1 aromatic heterocycles. The normalized spacial score (nSPS) is 16.4. The van der Waals surface area contributed by atoms with Crippen LogP contribution in [0.2, 0.25) is 0 Å². The lowest BCUT2D eigenvalue weighted by Crippen LogP contribution is -2.31. The summed E-state index contributed by atoms with van der Waals surface area (Å²) in [5.74, 6) is 0. The monoisotopic (exact) mass is 233 g/mol. The molecule has 1 nitrogen and oxygen atoms in total. The van der Waals surface area contributed by atoms with E-state index < -0.39 is 0 Å². The van der Waals surface area contributed by atoms with Crippen molar-refractivity contribution >= 4 is 27.3 Å². The molecule has 1 atom stereocenters. The van der Waals surface area contributed by atoms with Gasteiger partial charge in [0, 0.05) is 5.54 Å². The molecular weight excluding hydrogens is 222 g/mol. The topological polar surface area (TPSA) is 26.0 Å². The average Bonchev–Trinajstić information content (AvgIpc) is 2.36. The van der Waals surface area contributed by atoms with Gasteiger partial charge in [-0.25, -0.2) is 0 Å². The van der Waals surface area contributed by atoms with E-state index in [-0.39, 0.29) is 5.54 Å². The minimum Gasteiger partial charge on any atom is -0.322 e. The van der Waals surface area contributed by atoms with Gasteiger partial charge in [-0.1, -0.05) is 6.92 Å². The van der Waals surface area contributed by atoms with E-state index in [0.717, 1.165) is 10.2 Å². The van der Waals surface area contributed by atoms with Crippen molar-refractivity contribution in [2.45, 2.75) is 25.8 Å². The van der Waals surface area contributed by atoms with Crippen molar-refractivity contribution < 1.29 is 0 Å². The van der Waals surface area contributed by atoms with Gasteiger partial charge in [0.15, 0.2) is 0 Å². The number of halogens is 1. The fraction of sp³-hybridized carbons (Fsp3) is 0.500. The zero-order valence-corrected chi connectivity index (χ0v) is 9.13. The Morgan fingerprint density at radius 3 is 2.73 bits per heavy atom. The van der Waals surface area contributed by atoms with Gasteiger partial charge in [-0.2, -0.15) is 0 Å². The van der Waals surface area contributed by atoms with Crippen molar-refractivity contribution in [1.82, 2.24) is 0 Å². The molecule has 0 fully saturated rings. The largest absolute Gasteiger partial charge is 0.322 e. The molecule has 2 N–H and O–H groups in total. The smallest absolute Gasteiger partial charge is 0.0748 e. The van der Waals surface area contributed by atoms with E-state index in [9.17, 15) is 0 Å². The lowest BCUT2D eigenvalue weighted by molar-refractivity contribution is 0.476. The first-order valence-corrected chi connectivity index (χ1v) is 5.27. The Morgan fingerprint density at radius 1 is 1.73 bits per heavy atom. The van der Waals surface area contributed by atoms with Crippen LogP contribution in [0.15, 0.2) is 15.2 Å². The third-order valence-corrected chi connectivity index (χ3v) is 3.65. The van der Waals surface area contributed by atoms with Gasteiger partial charge in [0.25, 0.3) is 0 Å². The van der Waals surface area contributed by atoms with E-state index in [0.29, 0.717) is 0 Å². The van der Waals surface area contributed by atoms with Crippen LogP contribution < -0.4 is 5.73 Å². The average molecular weight is 234 g/mol. The van der Waals surface area contributed by atoms with Gasteiger partial charge in [-0.3, -0.25) is 0 Å². The summed E-state index contributed by atoms with van der Waals surface area (Å²) in [7, 11) is 0. The summed E-state index contributed by atoms with van der Waals surface area (Å²) in [6.45, 7) is 4.16. The SMILES string of the molecule is CCC(C)(N)c1ccsc1Br. The van der Waals surface area contributed by atoms with E-state index in [4.69, 9.17) is 5.73 Å². The Morgan fingerprint density at radius 2 is 2.36 bits per heavy atom. The van der Waals surface area contributed by atoms with E-state index in [1.54, 1.807) is 11.3 Å². The molecule has 0 saturated heterocycles. The van der Waals surface area contributed by atoms with Crippen molar-refractivity contribution in [2.24, 2.45) is 5.73 Å². The van der Waals surface area contributed by atoms with Gasteiger partial charge in [-0.05, 0) is 46.3 Å². The number of hydrogen-bond donors (Lipinski definition) is 1. The van der Waals surface area contributed by atoms with Gasteiger partial charge >= 0.3 is 0 Å². The van der Waals surface area contributed by atoms with Crippen molar-refractivity contribution in [2.75, 3.05) is 0 Å². The van der Waals surface area contributed by atoms with Crippen LogP contribution in [0.3, 0.4) is 0 Å². The van der Waals surface area contributed by atoms with Crippen molar-refractivity contribution in [3.63, 3.8) is 0 Å². The predicted molar refractivity (Wildman–Crippen MR) is 53.8 cm³/mol. The summed E-state index contributed by atoms with van der Waals surface area (Å²) in [6.07, 6.45) is 0.961. The fourth-order valence-electron chi connectivity index (χ4n) is 0.896. The standard InChI is InChI=1S/C8H12BrNS/c1-3-8(2,10)6-4-5-11-7(6)9/h4-5H,3,10H2,1-2H3. The first kappa shape index (κ1) is 9.23. The number of thiophene rings is 1. The van der Waals surface area contributed by atoms with Crippen LogP contribution in [0.4, 0.5) is 0 Å². The maximum atomic E-state index is 6.06. The lowest BCUT2D eigenvalue weighted by atomic mass is 9.93. The first-order valence-electron chi connectivity index (χ1n) is 3.60. The quantitative estimate of drug-likeness (QED) is 0.835. The van der Waals surface area contributed by atoms with E-state index in [2.05, 4.69) is 41.2 Å². The van der Waals surface area contributed by atoms with Gasteiger partial charge in [0.2, 0.25) is 0 Å². The van der Waals surface area contributed by atoms with E-state index in [1.165, 1.54) is 5.56 Å². The maximum Gasteiger partial charge on any atom is 0.0748 e. The molecule has 0 saturated carbocycles. The highest BCUT2D eigenvalue weighted by Crippen LogP contribution is 2.32. The van der Waals surface area contributed by atoms with Crippen LogP contribution in [0, 0.1) is 0 Å². The molecule has 0 aliphatic carbocycles. The number of hydrogen-bond acceptors (Lipinski definition) is 2. The Balaban J connectivity index is 3.00. The molecule has 0 aliphatic rings. The van der Waals surface area contributed by atoms with Gasteiger partial charge in [0.05, 0.1) is 3.79 Å². The van der Waals surface area contributed by atoms with E-state index >= 15 is 0 Å². The molecule has 1 aromatic rings. The second kappa shape index (κ2) is 3.25. The molecule has 1 unspecified atom stereocenters. The Hall–Kier alpha value is 0.140. The van der Waals surface area contributed by atoms with Gasteiger partial charge in [-0.15, -0.1) is 11.3 Å². The molecule has 1 rings (SSSR count). The van der Waals surface area contributed by atoms with Crippen LogP contribution in [-0.4, -0.2) is 0 Å². The molecular formula is C8H12BrNS. The summed E-state index contributed by atoms with van der Waals surface area (Å²) in [5.41, 5.74) is 7.09. The number of nitrogens with two attached hydrogens (primary N) is 1. The molecule has 3 heteroatoms. The third kappa shape index (κ3) is 1.83. The van der Waals surface area contributed by atoms with Gasteiger partial charge < -0.3 is 5.73 Å². The molecule has 0 bridgehead atoms. The summed E-state index contributed by atoms with van der Waals surface area (Å²) in [5, 5.41) is 2.06. The summed E-state index contributed by atoms with van der Waals surface area (Å²) in [6, 6.07) is 2.08. The zero-order valence-electron chi connectivity index (χ0n) is 6.73. The molecule has 0 radical (unpaired) electrons. The predicted octanol–water partition coefficient (Wildman–Crippen LogP) is 3.09. The first-order chi connectivity index (χ1) is 5.08. The van der Waals surface area contributed by atoms with Crippen molar-refractivity contribution in [1.29, 1.82) is 0 Å². The molecule has 1 heterocycles. The van der Waals surface area contributed by atoms with Crippen molar-refractivity contribution in [3.05, 3.63) is 20.8 Å². The highest BCUT2D eigenvalue weighted by atomic mass is 79.9. The summed E-state index contributed by atoms with van der Waals surface area (Å²) in [4.78, 5) is 0. The lowest BCUT2D eigenvalue weighted by Gasteiger charge is -2.22. The van der Waals surface area contributed by atoms with Crippen LogP contribution >= 0.6 is 27.3 Å². The minimum atomic E-state index is -0.182. The third-order valence-electron chi connectivity index (χ3n) is 1.97.